The Hall–Kier alpha value is -2.84. The third kappa shape index (κ3) is 4.96. The van der Waals surface area contributed by atoms with E-state index in [0.717, 1.165) is 15.1 Å². The Morgan fingerprint density at radius 3 is 2.86 bits per heavy atom. The average Bonchev–Trinajstić information content (AvgIpc) is 2.89. The van der Waals surface area contributed by atoms with Gasteiger partial charge in [-0.2, -0.15) is 0 Å². The van der Waals surface area contributed by atoms with Crippen molar-refractivity contribution in [2.24, 2.45) is 0 Å². The number of hydrogen-bond acceptors (Lipinski definition) is 5. The standard InChI is InChI=1S/C21H16BrN3O3S/c22-14-2-1-3-16(11-14)28-20-7-5-15(12-23-20)24-21(27)13-4-6-18-17(10-13)25-19(26)8-9-29-18/h1-7,10-12H,8-9H2,(H,24,27)(H,25,26). The van der Waals surface area contributed by atoms with E-state index in [1.807, 2.05) is 30.3 Å². The lowest BCUT2D eigenvalue weighted by molar-refractivity contribution is -0.115. The zero-order valence-corrected chi connectivity index (χ0v) is 17.5. The minimum absolute atomic E-state index is 0.0426. The normalized spacial score (nSPS) is 13.1. The second-order valence-corrected chi connectivity index (χ2v) is 8.31. The summed E-state index contributed by atoms with van der Waals surface area (Å²) in [6.45, 7) is 0. The first-order chi connectivity index (χ1) is 14.1. The number of thioether (sulfide) groups is 1. The van der Waals surface area contributed by atoms with E-state index in [9.17, 15) is 9.59 Å². The van der Waals surface area contributed by atoms with Crippen LogP contribution in [0.2, 0.25) is 0 Å². The largest absolute Gasteiger partial charge is 0.439 e. The summed E-state index contributed by atoms with van der Waals surface area (Å²) < 4.78 is 6.60. The van der Waals surface area contributed by atoms with E-state index in [4.69, 9.17) is 4.74 Å². The van der Waals surface area contributed by atoms with Crippen LogP contribution in [-0.4, -0.2) is 22.6 Å². The summed E-state index contributed by atoms with van der Waals surface area (Å²) in [4.78, 5) is 29.5. The second-order valence-electron chi connectivity index (χ2n) is 6.26. The first-order valence-corrected chi connectivity index (χ1v) is 10.6. The third-order valence-electron chi connectivity index (χ3n) is 4.12. The predicted octanol–water partition coefficient (Wildman–Crippen LogP) is 5.32. The van der Waals surface area contributed by atoms with Crippen molar-refractivity contribution in [2.45, 2.75) is 11.3 Å². The van der Waals surface area contributed by atoms with Crippen LogP contribution in [0.1, 0.15) is 16.8 Å². The molecule has 4 rings (SSSR count). The highest BCUT2D eigenvalue weighted by atomic mass is 79.9. The van der Waals surface area contributed by atoms with Gasteiger partial charge in [-0.15, -0.1) is 11.8 Å². The van der Waals surface area contributed by atoms with Crippen LogP contribution in [-0.2, 0) is 4.79 Å². The molecule has 0 spiro atoms. The Bertz CT molecular complexity index is 1070. The Balaban J connectivity index is 1.44. The van der Waals surface area contributed by atoms with Gasteiger partial charge in [-0.1, -0.05) is 22.0 Å². The summed E-state index contributed by atoms with van der Waals surface area (Å²) in [6.07, 6.45) is 1.99. The van der Waals surface area contributed by atoms with Crippen LogP contribution >= 0.6 is 27.7 Å². The third-order valence-corrected chi connectivity index (χ3v) is 5.68. The van der Waals surface area contributed by atoms with Crippen molar-refractivity contribution in [3.63, 3.8) is 0 Å². The molecular weight excluding hydrogens is 454 g/mol. The number of hydrogen-bond donors (Lipinski definition) is 2. The summed E-state index contributed by atoms with van der Waals surface area (Å²) in [6, 6.07) is 16.2. The molecule has 0 fully saturated rings. The molecule has 6 nitrogen and oxygen atoms in total. The maximum absolute atomic E-state index is 12.6. The van der Waals surface area contributed by atoms with Crippen LogP contribution in [0.15, 0.2) is 70.2 Å². The van der Waals surface area contributed by atoms with Crippen LogP contribution in [0, 0.1) is 0 Å². The Morgan fingerprint density at radius 1 is 1.17 bits per heavy atom. The van der Waals surface area contributed by atoms with E-state index >= 15 is 0 Å². The fourth-order valence-electron chi connectivity index (χ4n) is 2.73. The molecule has 146 valence electrons. The summed E-state index contributed by atoms with van der Waals surface area (Å²) >= 11 is 4.99. The van der Waals surface area contributed by atoms with Gasteiger partial charge >= 0.3 is 0 Å². The number of aromatic nitrogens is 1. The minimum atomic E-state index is -0.279. The number of nitrogens with one attached hydrogen (secondary N) is 2. The lowest BCUT2D eigenvalue weighted by Crippen LogP contribution is -2.14. The molecule has 2 N–H and O–H groups in total. The highest BCUT2D eigenvalue weighted by Crippen LogP contribution is 2.31. The van der Waals surface area contributed by atoms with Gasteiger partial charge in [-0.3, -0.25) is 9.59 Å². The van der Waals surface area contributed by atoms with Crippen molar-refractivity contribution in [1.29, 1.82) is 0 Å². The molecule has 0 saturated carbocycles. The summed E-state index contributed by atoms with van der Waals surface area (Å²) in [5.41, 5.74) is 1.67. The number of nitrogens with zero attached hydrogens (tertiary/aromatic N) is 1. The first-order valence-electron chi connectivity index (χ1n) is 8.84. The van der Waals surface area contributed by atoms with Gasteiger partial charge in [0.2, 0.25) is 11.8 Å². The van der Waals surface area contributed by atoms with Gasteiger partial charge in [-0.25, -0.2) is 4.98 Å². The minimum Gasteiger partial charge on any atom is -0.439 e. The number of pyridine rings is 1. The summed E-state index contributed by atoms with van der Waals surface area (Å²) in [7, 11) is 0. The predicted molar refractivity (Wildman–Crippen MR) is 117 cm³/mol. The number of ether oxygens (including phenoxy) is 1. The van der Waals surface area contributed by atoms with E-state index in [1.54, 1.807) is 36.0 Å². The van der Waals surface area contributed by atoms with Crippen LogP contribution in [0.4, 0.5) is 11.4 Å². The lowest BCUT2D eigenvalue weighted by atomic mass is 10.1. The Morgan fingerprint density at radius 2 is 2.07 bits per heavy atom. The average molecular weight is 470 g/mol. The highest BCUT2D eigenvalue weighted by Gasteiger charge is 2.16. The van der Waals surface area contributed by atoms with E-state index in [1.165, 1.54) is 6.20 Å². The molecule has 1 aromatic heterocycles. The van der Waals surface area contributed by atoms with Crippen LogP contribution < -0.4 is 15.4 Å². The lowest BCUT2D eigenvalue weighted by Gasteiger charge is -2.10. The monoisotopic (exact) mass is 469 g/mol. The molecule has 0 bridgehead atoms. The first kappa shape index (κ1) is 19.5. The highest BCUT2D eigenvalue weighted by molar-refractivity contribution is 9.10. The molecule has 2 heterocycles. The van der Waals surface area contributed by atoms with Gasteiger partial charge in [0, 0.05) is 33.2 Å². The number of anilines is 2. The zero-order chi connectivity index (χ0) is 20.2. The van der Waals surface area contributed by atoms with Gasteiger partial charge in [0.25, 0.3) is 5.91 Å². The molecule has 3 aromatic rings. The van der Waals surface area contributed by atoms with Crippen LogP contribution in [0.3, 0.4) is 0 Å². The van der Waals surface area contributed by atoms with E-state index < -0.39 is 0 Å². The number of rotatable bonds is 4. The van der Waals surface area contributed by atoms with Gasteiger partial charge in [0.05, 0.1) is 17.6 Å². The maximum atomic E-state index is 12.6. The molecule has 0 atom stereocenters. The molecule has 1 aliphatic rings. The van der Waals surface area contributed by atoms with Gasteiger partial charge in [0.1, 0.15) is 5.75 Å². The van der Waals surface area contributed by atoms with E-state index in [0.29, 0.717) is 35.0 Å². The SMILES string of the molecule is O=C1CCSc2ccc(C(=O)Nc3ccc(Oc4cccc(Br)c4)nc3)cc2N1. The molecule has 0 aliphatic carbocycles. The Kier molecular flexibility index (Phi) is 5.82. The fraction of sp³-hybridized carbons (Fsp3) is 0.0952. The molecule has 8 heteroatoms. The van der Waals surface area contributed by atoms with Crippen LogP contribution in [0.5, 0.6) is 11.6 Å². The van der Waals surface area contributed by atoms with Crippen molar-refractivity contribution >= 4 is 50.9 Å². The number of halogens is 1. The summed E-state index contributed by atoms with van der Waals surface area (Å²) in [5.74, 6) is 1.49. The van der Waals surface area contributed by atoms with Crippen molar-refractivity contribution in [2.75, 3.05) is 16.4 Å². The van der Waals surface area contributed by atoms with Crippen LogP contribution in [0.25, 0.3) is 0 Å². The van der Waals surface area contributed by atoms with E-state index in [2.05, 4.69) is 31.5 Å². The molecule has 0 unspecified atom stereocenters. The summed E-state index contributed by atoms with van der Waals surface area (Å²) in [5, 5.41) is 5.65. The fourth-order valence-corrected chi connectivity index (χ4v) is 4.05. The molecule has 2 aromatic carbocycles. The molecule has 0 saturated heterocycles. The van der Waals surface area contributed by atoms with Gasteiger partial charge in [0.15, 0.2) is 0 Å². The van der Waals surface area contributed by atoms with Crippen molar-refractivity contribution in [3.8, 4) is 11.6 Å². The van der Waals surface area contributed by atoms with Gasteiger partial charge < -0.3 is 15.4 Å². The molecule has 1 aliphatic heterocycles. The number of amides is 2. The zero-order valence-electron chi connectivity index (χ0n) is 15.1. The smallest absolute Gasteiger partial charge is 0.255 e. The van der Waals surface area contributed by atoms with Gasteiger partial charge in [-0.05, 0) is 42.5 Å². The molecule has 0 radical (unpaired) electrons. The number of carbonyl (C=O) groups excluding carboxylic acids is 2. The maximum Gasteiger partial charge on any atom is 0.255 e. The number of benzene rings is 2. The Labute approximate surface area is 180 Å². The quantitative estimate of drug-likeness (QED) is 0.540. The molecule has 2 amide bonds. The number of carbonyl (C=O) groups is 2. The van der Waals surface area contributed by atoms with Crippen molar-refractivity contribution in [3.05, 3.63) is 70.8 Å². The molecule has 29 heavy (non-hydrogen) atoms. The second kappa shape index (κ2) is 8.67. The topological polar surface area (TPSA) is 80.3 Å². The van der Waals surface area contributed by atoms with Crippen molar-refractivity contribution in [1.82, 2.24) is 4.98 Å². The number of fused-ring (bicyclic) bond motifs is 1. The van der Waals surface area contributed by atoms with Crippen molar-refractivity contribution < 1.29 is 14.3 Å². The molecular formula is C21H16BrN3O3S. The van der Waals surface area contributed by atoms with E-state index in [-0.39, 0.29) is 11.8 Å².